The molecule has 3 heterocycles. The molecule has 2 fully saturated rings. The summed E-state index contributed by atoms with van der Waals surface area (Å²) in [6.45, 7) is 2.97. The van der Waals surface area contributed by atoms with Crippen LogP contribution >= 0.6 is 11.6 Å². The fourth-order valence-corrected chi connectivity index (χ4v) is 6.76. The van der Waals surface area contributed by atoms with Crippen LogP contribution in [0.25, 0.3) is 0 Å². The number of hydrogen-bond acceptors (Lipinski definition) is 5. The number of ether oxygens (including phenoxy) is 1. The number of pyridine rings is 1. The first-order chi connectivity index (χ1) is 16.0. The van der Waals surface area contributed by atoms with Crippen LogP contribution in [-0.2, 0) is 10.0 Å². The first-order valence-electron chi connectivity index (χ1n) is 11.1. The Morgan fingerprint density at radius 3 is 2.30 bits per heavy atom. The van der Waals surface area contributed by atoms with E-state index in [1.165, 1.54) is 0 Å². The topological polar surface area (TPSA) is 62.7 Å². The summed E-state index contributed by atoms with van der Waals surface area (Å²) in [5.41, 5.74) is 1.31. The van der Waals surface area contributed by atoms with Crippen LogP contribution in [0, 0.1) is 5.41 Å². The summed E-state index contributed by atoms with van der Waals surface area (Å²) in [6.07, 6.45) is 6.19. The van der Waals surface area contributed by atoms with Crippen molar-refractivity contribution in [3.63, 3.8) is 0 Å². The SMILES string of the molecule is O=S(=O)(c1ccccc1Cl)N1CCC2(CCN(c3ccc(Oc4cccnc4)cc3)C2)CC1. The first kappa shape index (κ1) is 22.2. The monoisotopic (exact) mass is 483 g/mol. The molecule has 0 saturated carbocycles. The number of sulfonamides is 1. The Kier molecular flexibility index (Phi) is 6.03. The van der Waals surface area contributed by atoms with Gasteiger partial charge in [0.1, 0.15) is 16.4 Å². The summed E-state index contributed by atoms with van der Waals surface area (Å²) in [7, 11) is -3.57. The summed E-state index contributed by atoms with van der Waals surface area (Å²) >= 11 is 6.17. The second-order valence-corrected chi connectivity index (χ2v) is 11.1. The third-order valence-electron chi connectivity index (χ3n) is 6.75. The zero-order valence-electron chi connectivity index (χ0n) is 18.2. The Balaban J connectivity index is 1.21. The number of hydrogen-bond donors (Lipinski definition) is 0. The molecule has 8 heteroatoms. The van der Waals surface area contributed by atoms with Crippen LogP contribution in [0.15, 0.2) is 78.0 Å². The van der Waals surface area contributed by atoms with Crippen molar-refractivity contribution < 1.29 is 13.2 Å². The van der Waals surface area contributed by atoms with E-state index in [0.29, 0.717) is 18.8 Å². The Hall–Kier alpha value is -2.61. The molecule has 0 aliphatic carbocycles. The van der Waals surface area contributed by atoms with Crippen molar-refractivity contribution in [1.29, 1.82) is 0 Å². The largest absolute Gasteiger partial charge is 0.456 e. The van der Waals surface area contributed by atoms with E-state index in [1.54, 1.807) is 41.0 Å². The van der Waals surface area contributed by atoms with E-state index in [1.807, 2.05) is 24.3 Å². The maximum atomic E-state index is 13.1. The van der Waals surface area contributed by atoms with Gasteiger partial charge in [0.25, 0.3) is 0 Å². The lowest BCUT2D eigenvalue weighted by Gasteiger charge is -2.38. The van der Waals surface area contributed by atoms with Gasteiger partial charge in [-0.15, -0.1) is 0 Å². The maximum Gasteiger partial charge on any atom is 0.244 e. The molecule has 33 heavy (non-hydrogen) atoms. The molecule has 1 aromatic heterocycles. The van der Waals surface area contributed by atoms with Gasteiger partial charge in [-0.05, 0) is 73.2 Å². The second kappa shape index (κ2) is 8.97. The van der Waals surface area contributed by atoms with Gasteiger partial charge in [0.05, 0.1) is 11.2 Å². The normalized spacial score (nSPS) is 18.5. The van der Waals surface area contributed by atoms with Crippen molar-refractivity contribution in [2.24, 2.45) is 5.41 Å². The molecule has 0 amide bonds. The highest BCUT2D eigenvalue weighted by molar-refractivity contribution is 7.89. The Labute approximate surface area is 199 Å². The molecule has 2 aliphatic heterocycles. The number of anilines is 1. The molecular formula is C25H26ClN3O3S. The predicted octanol–water partition coefficient (Wildman–Crippen LogP) is 5.21. The van der Waals surface area contributed by atoms with E-state index in [2.05, 4.69) is 22.0 Å². The molecular weight excluding hydrogens is 458 g/mol. The molecule has 2 saturated heterocycles. The van der Waals surface area contributed by atoms with Crippen molar-refractivity contribution in [2.75, 3.05) is 31.1 Å². The van der Waals surface area contributed by atoms with Crippen LogP contribution in [0.1, 0.15) is 19.3 Å². The quantitative estimate of drug-likeness (QED) is 0.498. The van der Waals surface area contributed by atoms with E-state index in [0.717, 1.165) is 43.8 Å². The number of nitrogens with zero attached hydrogens (tertiary/aromatic N) is 3. The standard InChI is InChI=1S/C25H26ClN3O3S/c26-23-5-1-2-6-24(23)33(30,31)29-16-12-25(13-17-29)11-15-28(19-25)20-7-9-21(10-8-20)32-22-4-3-14-27-18-22/h1-10,14,18H,11-13,15-17,19H2. The van der Waals surface area contributed by atoms with Crippen LogP contribution in [-0.4, -0.2) is 43.9 Å². The van der Waals surface area contributed by atoms with Crippen molar-refractivity contribution >= 4 is 27.3 Å². The van der Waals surface area contributed by atoms with Crippen molar-refractivity contribution in [1.82, 2.24) is 9.29 Å². The first-order valence-corrected chi connectivity index (χ1v) is 12.9. The number of rotatable bonds is 5. The summed E-state index contributed by atoms with van der Waals surface area (Å²) in [4.78, 5) is 6.66. The molecule has 0 atom stereocenters. The molecule has 2 aliphatic rings. The van der Waals surface area contributed by atoms with E-state index in [-0.39, 0.29) is 15.3 Å². The van der Waals surface area contributed by atoms with Gasteiger partial charge in [0, 0.05) is 38.1 Å². The van der Waals surface area contributed by atoms with E-state index in [9.17, 15) is 8.42 Å². The minimum absolute atomic E-state index is 0.150. The van der Waals surface area contributed by atoms with Crippen LogP contribution in [0.5, 0.6) is 11.5 Å². The molecule has 2 aromatic carbocycles. The molecule has 5 rings (SSSR count). The van der Waals surface area contributed by atoms with Crippen molar-refractivity contribution in [3.05, 3.63) is 78.1 Å². The summed E-state index contributed by atoms with van der Waals surface area (Å²) < 4.78 is 33.6. The van der Waals surface area contributed by atoms with Crippen LogP contribution < -0.4 is 9.64 Å². The van der Waals surface area contributed by atoms with E-state index < -0.39 is 10.0 Å². The number of piperidine rings is 1. The van der Waals surface area contributed by atoms with Gasteiger partial charge in [-0.1, -0.05) is 23.7 Å². The third-order valence-corrected chi connectivity index (χ3v) is 9.15. The van der Waals surface area contributed by atoms with Crippen molar-refractivity contribution in [3.8, 4) is 11.5 Å². The highest BCUT2D eigenvalue weighted by atomic mass is 35.5. The Bertz CT molecular complexity index is 1210. The van der Waals surface area contributed by atoms with Crippen LogP contribution in [0.4, 0.5) is 5.69 Å². The molecule has 0 unspecified atom stereocenters. The van der Waals surface area contributed by atoms with E-state index in [4.69, 9.17) is 16.3 Å². The van der Waals surface area contributed by atoms with Crippen LogP contribution in [0.2, 0.25) is 5.02 Å². The van der Waals surface area contributed by atoms with Gasteiger partial charge in [-0.3, -0.25) is 4.98 Å². The zero-order valence-corrected chi connectivity index (χ0v) is 19.8. The molecule has 0 bridgehead atoms. The number of benzene rings is 2. The fraction of sp³-hybridized carbons (Fsp3) is 0.320. The van der Waals surface area contributed by atoms with Gasteiger partial charge in [-0.25, -0.2) is 8.42 Å². The molecule has 0 radical (unpaired) electrons. The van der Waals surface area contributed by atoms with Gasteiger partial charge < -0.3 is 9.64 Å². The molecule has 0 N–H and O–H groups in total. The number of aromatic nitrogens is 1. The second-order valence-electron chi connectivity index (χ2n) is 8.79. The van der Waals surface area contributed by atoms with Gasteiger partial charge in [-0.2, -0.15) is 4.31 Å². The highest BCUT2D eigenvalue weighted by Crippen LogP contribution is 2.43. The van der Waals surface area contributed by atoms with Crippen molar-refractivity contribution in [2.45, 2.75) is 24.2 Å². The third kappa shape index (κ3) is 4.58. The summed E-state index contributed by atoms with van der Waals surface area (Å²) in [6, 6.07) is 18.5. The zero-order chi connectivity index (χ0) is 22.9. The smallest absolute Gasteiger partial charge is 0.244 e. The van der Waals surface area contributed by atoms with Crippen LogP contribution in [0.3, 0.4) is 0 Å². The minimum atomic E-state index is -3.57. The number of halogens is 1. The van der Waals surface area contributed by atoms with Gasteiger partial charge >= 0.3 is 0 Å². The molecule has 3 aromatic rings. The van der Waals surface area contributed by atoms with E-state index >= 15 is 0 Å². The molecule has 1 spiro atoms. The molecule has 6 nitrogen and oxygen atoms in total. The predicted molar refractivity (Wildman–Crippen MR) is 129 cm³/mol. The fourth-order valence-electron chi connectivity index (χ4n) is 4.83. The van der Waals surface area contributed by atoms with Gasteiger partial charge in [0.15, 0.2) is 0 Å². The average molecular weight is 484 g/mol. The Morgan fingerprint density at radius 1 is 0.879 bits per heavy atom. The van der Waals surface area contributed by atoms with Gasteiger partial charge in [0.2, 0.25) is 10.0 Å². The lowest BCUT2D eigenvalue weighted by molar-refractivity contribution is 0.177. The minimum Gasteiger partial charge on any atom is -0.456 e. The molecule has 172 valence electrons. The highest BCUT2D eigenvalue weighted by Gasteiger charge is 2.43. The Morgan fingerprint density at radius 2 is 1.61 bits per heavy atom. The average Bonchev–Trinajstić information content (AvgIpc) is 3.24. The summed E-state index contributed by atoms with van der Waals surface area (Å²) in [5.74, 6) is 1.49. The summed E-state index contributed by atoms with van der Waals surface area (Å²) in [5, 5.41) is 0.279. The lowest BCUT2D eigenvalue weighted by Crippen LogP contribution is -2.44. The maximum absolute atomic E-state index is 13.1. The lowest BCUT2D eigenvalue weighted by atomic mass is 9.78.